The second kappa shape index (κ2) is 39.8. The number of nitrogens with one attached hydrogen (secondary N) is 1. The molecule has 0 aromatic carbocycles. The molecule has 1 amide bonds. The van der Waals surface area contributed by atoms with E-state index in [2.05, 4.69) is 67.8 Å². The number of allylic oxidation sites excluding steroid dienone is 9. The predicted octanol–water partition coefficient (Wildman–Crippen LogP) is 3.70. The Morgan fingerprint density at radius 1 is 0.493 bits per heavy atom. The molecule has 0 spiro atoms. The molecule has 19 nitrogen and oxygen atoms in total. The summed E-state index contributed by atoms with van der Waals surface area (Å²) in [6.45, 7) is 1.54. The van der Waals surface area contributed by atoms with Crippen molar-refractivity contribution in [1.29, 1.82) is 0 Å². The Hall–Kier alpha value is -2.51. The summed E-state index contributed by atoms with van der Waals surface area (Å²) in [5.41, 5.74) is 0. The molecule has 434 valence electrons. The smallest absolute Gasteiger partial charge is 0.220 e. The molecule has 12 N–H and O–H groups in total. The summed E-state index contributed by atoms with van der Waals surface area (Å²) in [5, 5.41) is 120. The molecule has 3 saturated heterocycles. The van der Waals surface area contributed by atoms with Crippen molar-refractivity contribution in [2.45, 2.75) is 259 Å². The molecule has 17 atom stereocenters. The molecule has 19 heteroatoms. The lowest BCUT2D eigenvalue weighted by atomic mass is 9.96. The van der Waals surface area contributed by atoms with E-state index in [0.717, 1.165) is 83.5 Å². The largest absolute Gasteiger partial charge is 0.394 e. The zero-order chi connectivity index (χ0) is 54.8. The van der Waals surface area contributed by atoms with Crippen LogP contribution in [0.3, 0.4) is 0 Å². The van der Waals surface area contributed by atoms with Crippen LogP contribution in [0.15, 0.2) is 60.8 Å². The molecule has 3 fully saturated rings. The molecule has 17 unspecified atom stereocenters. The third kappa shape index (κ3) is 24.6. The molecule has 0 aromatic rings. The van der Waals surface area contributed by atoms with Gasteiger partial charge in [-0.05, 0) is 64.2 Å². The maximum absolute atomic E-state index is 13.3. The fraction of sp³-hybridized carbons (Fsp3) is 0.804. The Balaban J connectivity index is 1.54. The first-order valence-corrected chi connectivity index (χ1v) is 28.0. The molecule has 0 aliphatic carbocycles. The first-order chi connectivity index (χ1) is 36.3. The van der Waals surface area contributed by atoms with Gasteiger partial charge in [-0.15, -0.1) is 0 Å². The van der Waals surface area contributed by atoms with Gasteiger partial charge in [0, 0.05) is 6.42 Å². The van der Waals surface area contributed by atoms with Crippen LogP contribution in [0.2, 0.25) is 0 Å². The molecule has 75 heavy (non-hydrogen) atoms. The normalized spacial score (nSPS) is 31.7. The van der Waals surface area contributed by atoms with Crippen LogP contribution >= 0.6 is 0 Å². The van der Waals surface area contributed by atoms with E-state index in [0.29, 0.717) is 12.8 Å². The van der Waals surface area contributed by atoms with Gasteiger partial charge >= 0.3 is 0 Å². The highest BCUT2D eigenvalue weighted by atomic mass is 16.8. The van der Waals surface area contributed by atoms with Crippen molar-refractivity contribution in [3.8, 4) is 0 Å². The second-order valence-corrected chi connectivity index (χ2v) is 20.0. The lowest BCUT2D eigenvalue weighted by Crippen LogP contribution is -2.66. The molecule has 3 rings (SSSR count). The lowest BCUT2D eigenvalue weighted by molar-refractivity contribution is -0.379. The summed E-state index contributed by atoms with van der Waals surface area (Å²) < 4.78 is 34.1. The van der Waals surface area contributed by atoms with Gasteiger partial charge < -0.3 is 89.9 Å². The van der Waals surface area contributed by atoms with Gasteiger partial charge in [-0.1, -0.05) is 145 Å². The fourth-order valence-electron chi connectivity index (χ4n) is 9.16. The molecule has 0 aromatic heterocycles. The van der Waals surface area contributed by atoms with Gasteiger partial charge in [0.25, 0.3) is 0 Å². The SMILES string of the molecule is CC/C=C\C/C=C\C/C=C\CCCCCCCCCC(=O)NC(COC1OC(CO)C(OC2OC(CO)C(OC3OC(CO)C(O)C(O)C3O)C(O)C2O)C(O)C1O)C(O)/C=C/CC/C=C/CCCCCCCCC. The van der Waals surface area contributed by atoms with Crippen LogP contribution in [0.5, 0.6) is 0 Å². The first kappa shape index (κ1) is 66.8. The van der Waals surface area contributed by atoms with Crippen molar-refractivity contribution >= 4 is 5.91 Å². The van der Waals surface area contributed by atoms with E-state index in [1.807, 2.05) is 6.08 Å². The van der Waals surface area contributed by atoms with Gasteiger partial charge in [0.2, 0.25) is 5.91 Å². The fourth-order valence-corrected chi connectivity index (χ4v) is 9.16. The first-order valence-electron chi connectivity index (χ1n) is 28.0. The molecule has 0 radical (unpaired) electrons. The molecule has 3 aliphatic heterocycles. The maximum Gasteiger partial charge on any atom is 0.220 e. The summed E-state index contributed by atoms with van der Waals surface area (Å²) in [4.78, 5) is 13.3. The van der Waals surface area contributed by atoms with Gasteiger partial charge in [-0.25, -0.2) is 0 Å². The number of carbonyl (C=O) groups excluding carboxylic acids is 1. The van der Waals surface area contributed by atoms with Crippen LogP contribution in [0.25, 0.3) is 0 Å². The van der Waals surface area contributed by atoms with Crippen LogP contribution < -0.4 is 5.32 Å². The van der Waals surface area contributed by atoms with Gasteiger partial charge in [-0.2, -0.15) is 0 Å². The standard InChI is InChI=1S/C56H97NO18/c1-3-5-7-9-11-13-15-17-18-19-20-22-24-26-28-30-32-34-44(62)57-39(40(61)33-31-29-27-25-23-21-16-14-12-10-8-6-4-2)38-70-54-50(68)47(65)52(42(36-59)72-54)75-56-51(69)48(66)53(43(37-60)73-56)74-55-49(67)46(64)45(63)41(35-58)71-55/h5,7,11,13,17-18,23,25,31,33,39-43,45-56,58-61,63-69H,3-4,6,8-10,12,14-16,19-22,24,26-30,32,34-38H2,1-2H3,(H,57,62)/b7-5-,13-11-,18-17-,25-23+,33-31+. The Morgan fingerprint density at radius 2 is 0.933 bits per heavy atom. The Kier molecular flexibility index (Phi) is 35.4. The highest BCUT2D eigenvalue weighted by Gasteiger charge is 2.53. The third-order valence-electron chi connectivity index (χ3n) is 13.8. The minimum atomic E-state index is -1.98. The van der Waals surface area contributed by atoms with Gasteiger partial charge in [0.15, 0.2) is 18.9 Å². The number of carbonyl (C=O) groups is 1. The minimum absolute atomic E-state index is 0.221. The quantitative estimate of drug-likeness (QED) is 0.0309. The van der Waals surface area contributed by atoms with E-state index in [1.54, 1.807) is 6.08 Å². The van der Waals surface area contributed by atoms with Crippen molar-refractivity contribution in [1.82, 2.24) is 5.32 Å². The number of amides is 1. The van der Waals surface area contributed by atoms with Crippen LogP contribution in [0.1, 0.15) is 155 Å². The number of aliphatic hydroxyl groups is 11. The molecule has 3 heterocycles. The highest BCUT2D eigenvalue weighted by molar-refractivity contribution is 5.76. The number of ether oxygens (including phenoxy) is 6. The number of hydrogen-bond donors (Lipinski definition) is 12. The molecular formula is C56H97NO18. The average molecular weight is 1070 g/mol. The molecular weight excluding hydrogens is 975 g/mol. The summed E-state index contributed by atoms with van der Waals surface area (Å²) in [6.07, 6.45) is 16.4. The zero-order valence-electron chi connectivity index (χ0n) is 44.8. The van der Waals surface area contributed by atoms with Crippen LogP contribution in [0, 0.1) is 0 Å². The van der Waals surface area contributed by atoms with E-state index < -0.39 is 124 Å². The number of unbranched alkanes of at least 4 members (excludes halogenated alkanes) is 15. The van der Waals surface area contributed by atoms with E-state index in [1.165, 1.54) is 38.5 Å². The van der Waals surface area contributed by atoms with E-state index in [-0.39, 0.29) is 18.9 Å². The van der Waals surface area contributed by atoms with E-state index >= 15 is 0 Å². The molecule has 3 aliphatic rings. The van der Waals surface area contributed by atoms with Crippen molar-refractivity contribution < 1.29 is 89.4 Å². The van der Waals surface area contributed by atoms with Crippen molar-refractivity contribution in [3.63, 3.8) is 0 Å². The Morgan fingerprint density at radius 3 is 1.49 bits per heavy atom. The van der Waals surface area contributed by atoms with E-state index in [9.17, 15) is 61.0 Å². The lowest BCUT2D eigenvalue weighted by Gasteiger charge is -2.48. The molecule has 0 saturated carbocycles. The predicted molar refractivity (Wildman–Crippen MR) is 282 cm³/mol. The summed E-state index contributed by atoms with van der Waals surface area (Å²) in [6, 6.07) is -0.995. The zero-order valence-corrected chi connectivity index (χ0v) is 44.8. The maximum atomic E-state index is 13.3. The number of aliphatic hydroxyl groups excluding tert-OH is 11. The van der Waals surface area contributed by atoms with Gasteiger partial charge in [-0.3, -0.25) is 4.79 Å². The van der Waals surface area contributed by atoms with Gasteiger partial charge in [0.05, 0.1) is 38.6 Å². The third-order valence-corrected chi connectivity index (χ3v) is 13.8. The minimum Gasteiger partial charge on any atom is -0.394 e. The van der Waals surface area contributed by atoms with Crippen LogP contribution in [-0.2, 0) is 33.2 Å². The summed E-state index contributed by atoms with van der Waals surface area (Å²) in [7, 11) is 0. The second-order valence-electron chi connectivity index (χ2n) is 20.0. The van der Waals surface area contributed by atoms with E-state index in [4.69, 9.17) is 28.4 Å². The van der Waals surface area contributed by atoms with Crippen LogP contribution in [0.4, 0.5) is 0 Å². The summed E-state index contributed by atoms with van der Waals surface area (Å²) in [5.74, 6) is -0.300. The highest BCUT2D eigenvalue weighted by Crippen LogP contribution is 2.33. The number of rotatable bonds is 39. The monoisotopic (exact) mass is 1070 g/mol. The van der Waals surface area contributed by atoms with Crippen molar-refractivity contribution in [2.24, 2.45) is 0 Å². The summed E-state index contributed by atoms with van der Waals surface area (Å²) >= 11 is 0. The Bertz CT molecular complexity index is 1610. The van der Waals surface area contributed by atoms with Crippen molar-refractivity contribution in [2.75, 3.05) is 26.4 Å². The Labute approximate surface area is 445 Å². The topological polar surface area (TPSA) is 307 Å². The van der Waals surface area contributed by atoms with Crippen LogP contribution in [-0.4, -0.2) is 193 Å². The van der Waals surface area contributed by atoms with Crippen molar-refractivity contribution in [3.05, 3.63) is 60.8 Å². The van der Waals surface area contributed by atoms with Gasteiger partial charge in [0.1, 0.15) is 73.2 Å². The number of hydrogen-bond acceptors (Lipinski definition) is 18. The average Bonchev–Trinajstić information content (AvgIpc) is 3.41. The molecule has 0 bridgehead atoms.